The van der Waals surface area contributed by atoms with Gasteiger partial charge in [-0.1, -0.05) is 24.3 Å². The second-order valence-electron chi connectivity index (χ2n) is 6.54. The first kappa shape index (κ1) is 20.2. The van der Waals surface area contributed by atoms with Crippen LogP contribution in [0.15, 0.2) is 48.5 Å². The van der Waals surface area contributed by atoms with Crippen LogP contribution < -0.4 is 20.1 Å². The van der Waals surface area contributed by atoms with Gasteiger partial charge in [-0.05, 0) is 36.2 Å². The van der Waals surface area contributed by atoms with Crippen LogP contribution in [0.1, 0.15) is 12.0 Å². The van der Waals surface area contributed by atoms with Gasteiger partial charge in [0.15, 0.2) is 0 Å². The zero-order valence-corrected chi connectivity index (χ0v) is 16.3. The second kappa shape index (κ2) is 9.09. The summed E-state index contributed by atoms with van der Waals surface area (Å²) >= 11 is 0. The van der Waals surface area contributed by atoms with Gasteiger partial charge in [-0.2, -0.15) is 0 Å². The predicted molar refractivity (Wildman–Crippen MR) is 107 cm³/mol. The summed E-state index contributed by atoms with van der Waals surface area (Å²) in [7, 11) is 3.10. The van der Waals surface area contributed by atoms with Gasteiger partial charge in [-0.15, -0.1) is 0 Å². The van der Waals surface area contributed by atoms with Crippen molar-refractivity contribution in [2.24, 2.45) is 0 Å². The number of nitrogens with zero attached hydrogens (tertiary/aromatic N) is 1. The van der Waals surface area contributed by atoms with E-state index in [9.17, 15) is 14.4 Å². The molecule has 152 valence electrons. The Morgan fingerprint density at radius 3 is 2.48 bits per heavy atom. The smallest absolute Gasteiger partial charge is 0.324 e. The number of ether oxygens (including phenoxy) is 2. The molecule has 0 unspecified atom stereocenters. The van der Waals surface area contributed by atoms with E-state index in [2.05, 4.69) is 10.6 Å². The largest absolute Gasteiger partial charge is 0.497 e. The van der Waals surface area contributed by atoms with Gasteiger partial charge in [0, 0.05) is 6.54 Å². The fourth-order valence-corrected chi connectivity index (χ4v) is 3.09. The van der Waals surface area contributed by atoms with Crippen LogP contribution in [-0.2, 0) is 16.0 Å². The van der Waals surface area contributed by atoms with Gasteiger partial charge in [-0.25, -0.2) is 4.79 Å². The van der Waals surface area contributed by atoms with E-state index in [1.54, 1.807) is 31.4 Å². The standard InChI is InChI=1S/C21H23N3O5/c1-28-15-9-7-14(8-10-15)11-12-24-20(26)17(23-21(24)27)13-19(25)22-16-5-3-4-6-18(16)29-2/h3-10,17H,11-13H2,1-2H3,(H,22,25)(H,23,27)/t17-/m0/s1. The zero-order valence-electron chi connectivity index (χ0n) is 16.3. The number of urea groups is 1. The molecule has 0 aliphatic carbocycles. The number of nitrogens with one attached hydrogen (secondary N) is 2. The number of hydrogen-bond donors (Lipinski definition) is 2. The van der Waals surface area contributed by atoms with Gasteiger partial charge in [-0.3, -0.25) is 14.5 Å². The molecule has 0 bridgehead atoms. The van der Waals surface area contributed by atoms with Gasteiger partial charge in [0.2, 0.25) is 5.91 Å². The summed E-state index contributed by atoms with van der Waals surface area (Å²) in [6.45, 7) is 0.238. The summed E-state index contributed by atoms with van der Waals surface area (Å²) in [5.74, 6) is 0.470. The fraction of sp³-hybridized carbons (Fsp3) is 0.286. The van der Waals surface area contributed by atoms with Crippen molar-refractivity contribution in [2.75, 3.05) is 26.1 Å². The van der Waals surface area contributed by atoms with Crippen molar-refractivity contribution in [2.45, 2.75) is 18.9 Å². The molecule has 1 fully saturated rings. The molecule has 1 atom stereocenters. The molecule has 1 heterocycles. The normalized spacial score (nSPS) is 15.8. The average Bonchev–Trinajstić information content (AvgIpc) is 2.99. The molecule has 8 heteroatoms. The van der Waals surface area contributed by atoms with Crippen molar-refractivity contribution in [3.63, 3.8) is 0 Å². The van der Waals surface area contributed by atoms with E-state index < -0.39 is 18.0 Å². The van der Waals surface area contributed by atoms with Gasteiger partial charge in [0.1, 0.15) is 17.5 Å². The Kier molecular flexibility index (Phi) is 6.33. The molecule has 29 heavy (non-hydrogen) atoms. The second-order valence-corrected chi connectivity index (χ2v) is 6.54. The Hall–Kier alpha value is -3.55. The summed E-state index contributed by atoms with van der Waals surface area (Å²) in [6, 6.07) is 13.0. The van der Waals surface area contributed by atoms with E-state index >= 15 is 0 Å². The Bertz CT molecular complexity index is 897. The number of benzene rings is 2. The first-order chi connectivity index (χ1) is 14.0. The predicted octanol–water partition coefficient (Wildman–Crippen LogP) is 2.20. The van der Waals surface area contributed by atoms with Crippen molar-refractivity contribution in [3.05, 3.63) is 54.1 Å². The number of imide groups is 1. The van der Waals surface area contributed by atoms with Gasteiger partial charge >= 0.3 is 6.03 Å². The van der Waals surface area contributed by atoms with E-state index in [1.807, 2.05) is 24.3 Å². The lowest BCUT2D eigenvalue weighted by atomic mass is 10.1. The quantitative estimate of drug-likeness (QED) is 0.666. The third kappa shape index (κ3) is 4.84. The highest BCUT2D eigenvalue weighted by Gasteiger charge is 2.38. The third-order valence-corrected chi connectivity index (χ3v) is 4.66. The number of rotatable bonds is 8. The molecule has 2 aromatic rings. The molecule has 2 aromatic carbocycles. The number of para-hydroxylation sites is 2. The maximum atomic E-state index is 12.6. The maximum Gasteiger partial charge on any atom is 0.324 e. The minimum Gasteiger partial charge on any atom is -0.497 e. The number of carbonyl (C=O) groups is 3. The highest BCUT2D eigenvalue weighted by molar-refractivity contribution is 6.07. The number of carbonyl (C=O) groups excluding carboxylic acids is 3. The van der Waals surface area contributed by atoms with Crippen LogP contribution in [0, 0.1) is 0 Å². The lowest BCUT2D eigenvalue weighted by Gasteiger charge is -2.14. The minimum atomic E-state index is -0.881. The highest BCUT2D eigenvalue weighted by atomic mass is 16.5. The van der Waals surface area contributed by atoms with E-state index in [0.29, 0.717) is 17.9 Å². The first-order valence-corrected chi connectivity index (χ1v) is 9.19. The van der Waals surface area contributed by atoms with Crippen molar-refractivity contribution in [1.82, 2.24) is 10.2 Å². The maximum absolute atomic E-state index is 12.6. The molecular weight excluding hydrogens is 374 g/mol. The summed E-state index contributed by atoms with van der Waals surface area (Å²) in [5, 5.41) is 5.29. The molecule has 0 spiro atoms. The SMILES string of the molecule is COc1ccc(CCN2C(=O)N[C@@H](CC(=O)Nc3ccccc3OC)C2=O)cc1. The Labute approximate surface area is 168 Å². The molecule has 2 N–H and O–H groups in total. The topological polar surface area (TPSA) is 97.0 Å². The van der Waals surface area contributed by atoms with Crippen molar-refractivity contribution in [3.8, 4) is 11.5 Å². The van der Waals surface area contributed by atoms with Gasteiger partial charge in [0.05, 0.1) is 26.3 Å². The molecule has 0 saturated carbocycles. The minimum absolute atomic E-state index is 0.151. The Morgan fingerprint density at radius 1 is 1.07 bits per heavy atom. The fourth-order valence-electron chi connectivity index (χ4n) is 3.09. The number of hydrogen-bond acceptors (Lipinski definition) is 5. The first-order valence-electron chi connectivity index (χ1n) is 9.19. The Balaban J connectivity index is 1.55. The van der Waals surface area contributed by atoms with Crippen molar-refractivity contribution < 1.29 is 23.9 Å². The van der Waals surface area contributed by atoms with Crippen LogP contribution in [0.5, 0.6) is 11.5 Å². The van der Waals surface area contributed by atoms with E-state index in [-0.39, 0.29) is 18.9 Å². The van der Waals surface area contributed by atoms with Crippen molar-refractivity contribution >= 4 is 23.5 Å². The number of methoxy groups -OCH3 is 2. The van der Waals surface area contributed by atoms with Crippen LogP contribution >= 0.6 is 0 Å². The number of anilines is 1. The molecular formula is C21H23N3O5. The van der Waals surface area contributed by atoms with Gasteiger partial charge < -0.3 is 20.1 Å². The molecule has 0 aromatic heterocycles. The summed E-state index contributed by atoms with van der Waals surface area (Å²) in [5.41, 5.74) is 1.48. The van der Waals surface area contributed by atoms with E-state index in [4.69, 9.17) is 9.47 Å². The van der Waals surface area contributed by atoms with Crippen LogP contribution in [-0.4, -0.2) is 49.6 Å². The molecule has 1 aliphatic heterocycles. The molecule has 8 nitrogen and oxygen atoms in total. The monoisotopic (exact) mass is 397 g/mol. The zero-order chi connectivity index (χ0) is 20.8. The van der Waals surface area contributed by atoms with Crippen LogP contribution in [0.2, 0.25) is 0 Å². The van der Waals surface area contributed by atoms with Crippen LogP contribution in [0.3, 0.4) is 0 Å². The Morgan fingerprint density at radius 2 is 1.79 bits per heavy atom. The van der Waals surface area contributed by atoms with E-state index in [0.717, 1.165) is 16.2 Å². The molecule has 1 saturated heterocycles. The van der Waals surface area contributed by atoms with Crippen molar-refractivity contribution in [1.29, 1.82) is 0 Å². The van der Waals surface area contributed by atoms with Crippen LogP contribution in [0.4, 0.5) is 10.5 Å². The van der Waals surface area contributed by atoms with Crippen LogP contribution in [0.25, 0.3) is 0 Å². The van der Waals surface area contributed by atoms with E-state index in [1.165, 1.54) is 7.11 Å². The molecule has 0 radical (unpaired) electrons. The summed E-state index contributed by atoms with van der Waals surface area (Å²) in [6.07, 6.45) is 0.366. The third-order valence-electron chi connectivity index (χ3n) is 4.66. The molecule has 3 rings (SSSR count). The summed E-state index contributed by atoms with van der Waals surface area (Å²) in [4.78, 5) is 38.2. The number of amides is 4. The van der Waals surface area contributed by atoms with Gasteiger partial charge in [0.25, 0.3) is 5.91 Å². The lowest BCUT2D eigenvalue weighted by Crippen LogP contribution is -2.35. The average molecular weight is 397 g/mol. The lowest BCUT2D eigenvalue weighted by molar-refractivity contribution is -0.129. The molecule has 4 amide bonds. The summed E-state index contributed by atoms with van der Waals surface area (Å²) < 4.78 is 10.3. The molecule has 1 aliphatic rings. The highest BCUT2D eigenvalue weighted by Crippen LogP contribution is 2.23.